The molecule has 0 saturated carbocycles. The Kier molecular flexibility index (Phi) is 3.35. The van der Waals surface area contributed by atoms with Crippen LogP contribution < -0.4 is 0 Å². The zero-order chi connectivity index (χ0) is 21.6. The molecule has 4 bridgehead atoms. The summed E-state index contributed by atoms with van der Waals surface area (Å²) >= 11 is 0. The molecule has 4 aromatic carbocycles. The van der Waals surface area contributed by atoms with Gasteiger partial charge >= 0.3 is 0 Å². The molecule has 1 heteroatoms. The molecule has 3 unspecified atom stereocenters. The second-order valence-corrected chi connectivity index (χ2v) is 9.97. The van der Waals surface area contributed by atoms with Crippen LogP contribution in [0.3, 0.4) is 0 Å². The molecule has 1 saturated heterocycles. The molecule has 4 aliphatic rings. The summed E-state index contributed by atoms with van der Waals surface area (Å²) in [6.07, 6.45) is 3.76. The Labute approximate surface area is 194 Å². The number of hydrogen-bond acceptors (Lipinski definition) is 1. The van der Waals surface area contributed by atoms with E-state index in [0.29, 0.717) is 11.8 Å². The van der Waals surface area contributed by atoms with Crippen molar-refractivity contribution in [2.24, 2.45) is 5.92 Å². The Hall–Kier alpha value is -3.42. The van der Waals surface area contributed by atoms with Gasteiger partial charge in [0.25, 0.3) is 0 Å². The minimum Gasteiger partial charge on any atom is -0.345 e. The Balaban J connectivity index is 1.51. The monoisotopic (exact) mass is 424 g/mol. The fraction of sp³-hybridized carbons (Fsp3) is 0.188. The van der Waals surface area contributed by atoms with Gasteiger partial charge in [0.05, 0.1) is 0 Å². The van der Waals surface area contributed by atoms with Gasteiger partial charge in [-0.3, -0.25) is 0 Å². The van der Waals surface area contributed by atoms with E-state index in [9.17, 15) is 0 Å². The summed E-state index contributed by atoms with van der Waals surface area (Å²) in [5.41, 5.74) is 8.65. The second kappa shape index (κ2) is 6.12. The van der Waals surface area contributed by atoms with Crippen molar-refractivity contribution in [1.29, 1.82) is 0 Å². The van der Waals surface area contributed by atoms with Crippen LogP contribution >= 0.6 is 0 Å². The molecule has 0 N–H and O–H groups in total. The molecule has 5 atom stereocenters. The van der Waals surface area contributed by atoms with E-state index < -0.39 is 11.2 Å². The first-order valence-electron chi connectivity index (χ1n) is 12.1. The molecular weight excluding hydrogens is 400 g/mol. The molecule has 2 aliphatic heterocycles. The van der Waals surface area contributed by atoms with Gasteiger partial charge in [-0.1, -0.05) is 115 Å². The zero-order valence-electron chi connectivity index (χ0n) is 18.3. The van der Waals surface area contributed by atoms with Crippen LogP contribution in [0.1, 0.15) is 51.6 Å². The number of hydrogen-bond donors (Lipinski definition) is 0. The van der Waals surface area contributed by atoms with Crippen LogP contribution in [0, 0.1) is 5.92 Å². The molecule has 0 amide bonds. The molecule has 33 heavy (non-hydrogen) atoms. The molecule has 0 radical (unpaired) electrons. The van der Waals surface area contributed by atoms with E-state index in [1.54, 1.807) is 0 Å². The fourth-order valence-corrected chi connectivity index (χ4v) is 7.61. The number of rotatable bonds is 2. The Morgan fingerprint density at radius 2 is 1.21 bits per heavy atom. The Morgan fingerprint density at radius 1 is 0.606 bits per heavy atom. The van der Waals surface area contributed by atoms with Gasteiger partial charge in [0.2, 0.25) is 0 Å². The average molecular weight is 425 g/mol. The second-order valence-electron chi connectivity index (χ2n) is 9.97. The minimum atomic E-state index is -0.530. The standard InChI is InChI=1S/C32H24O/c1-3-11-22(12-4-1)31-27-17-9-10-18-28(27)32(33-31,23-13-5-2-6-14-23)30-26-19-21(20-29(30)31)24-15-7-8-16-25(24)26/h1-18,20-21,26,30H,19H2/t21-,26-,30?,31?,32?/m1/s1. The van der Waals surface area contributed by atoms with Crippen LogP contribution in [-0.2, 0) is 15.9 Å². The van der Waals surface area contributed by atoms with E-state index >= 15 is 0 Å². The fourth-order valence-electron chi connectivity index (χ4n) is 7.61. The van der Waals surface area contributed by atoms with Gasteiger partial charge < -0.3 is 4.74 Å². The van der Waals surface area contributed by atoms with Crippen molar-refractivity contribution in [2.45, 2.75) is 29.5 Å². The Bertz CT molecular complexity index is 1440. The number of benzene rings is 4. The number of allylic oxidation sites excluding steroid dienone is 1. The van der Waals surface area contributed by atoms with Gasteiger partial charge in [0.1, 0.15) is 11.2 Å². The van der Waals surface area contributed by atoms with Crippen LogP contribution in [0.25, 0.3) is 0 Å². The summed E-state index contributed by atoms with van der Waals surface area (Å²) in [4.78, 5) is 0. The summed E-state index contributed by atoms with van der Waals surface area (Å²) in [5, 5.41) is 0. The van der Waals surface area contributed by atoms with E-state index in [0.717, 1.165) is 0 Å². The van der Waals surface area contributed by atoms with Crippen LogP contribution in [0.4, 0.5) is 0 Å². The van der Waals surface area contributed by atoms with Crippen molar-refractivity contribution in [3.05, 3.63) is 154 Å². The van der Waals surface area contributed by atoms with E-state index in [1.807, 2.05) is 0 Å². The maximum absolute atomic E-state index is 7.54. The van der Waals surface area contributed by atoms with Crippen molar-refractivity contribution in [3.63, 3.8) is 0 Å². The minimum absolute atomic E-state index is 0.287. The molecule has 2 aliphatic carbocycles. The molecule has 0 aromatic heterocycles. The summed E-state index contributed by atoms with van der Waals surface area (Å²) < 4.78 is 7.54. The van der Waals surface area contributed by atoms with Gasteiger partial charge in [0.15, 0.2) is 0 Å². The zero-order valence-corrected chi connectivity index (χ0v) is 18.3. The van der Waals surface area contributed by atoms with Gasteiger partial charge in [-0.05, 0) is 51.3 Å². The highest BCUT2D eigenvalue weighted by atomic mass is 16.5. The highest BCUT2D eigenvalue weighted by Crippen LogP contribution is 2.74. The maximum atomic E-state index is 7.54. The molecular formula is C32H24O. The van der Waals surface area contributed by atoms with Gasteiger partial charge in [-0.2, -0.15) is 0 Å². The van der Waals surface area contributed by atoms with E-state index in [1.165, 1.54) is 45.4 Å². The number of fused-ring (bicyclic) bond motifs is 14. The first-order valence-corrected chi connectivity index (χ1v) is 12.1. The van der Waals surface area contributed by atoms with E-state index in [4.69, 9.17) is 4.74 Å². The normalized spacial score (nSPS) is 32.1. The summed E-state index contributed by atoms with van der Waals surface area (Å²) in [6.45, 7) is 0. The maximum Gasteiger partial charge on any atom is 0.142 e. The third kappa shape index (κ3) is 2.00. The van der Waals surface area contributed by atoms with Crippen LogP contribution in [0.15, 0.2) is 121 Å². The van der Waals surface area contributed by atoms with Crippen LogP contribution in [0.2, 0.25) is 0 Å². The lowest BCUT2D eigenvalue weighted by Crippen LogP contribution is -2.39. The topological polar surface area (TPSA) is 9.23 Å². The first-order chi connectivity index (χ1) is 16.3. The predicted molar refractivity (Wildman–Crippen MR) is 130 cm³/mol. The molecule has 158 valence electrons. The lowest BCUT2D eigenvalue weighted by atomic mass is 9.57. The predicted octanol–water partition coefficient (Wildman–Crippen LogP) is 7.04. The summed E-state index contributed by atoms with van der Waals surface area (Å²) in [5.74, 6) is 1.22. The van der Waals surface area contributed by atoms with E-state index in [2.05, 4.69) is 115 Å². The highest BCUT2D eigenvalue weighted by Gasteiger charge is 2.71. The van der Waals surface area contributed by atoms with Gasteiger partial charge in [-0.15, -0.1) is 0 Å². The van der Waals surface area contributed by atoms with Gasteiger partial charge in [0, 0.05) is 11.8 Å². The van der Waals surface area contributed by atoms with Gasteiger partial charge in [-0.25, -0.2) is 0 Å². The smallest absolute Gasteiger partial charge is 0.142 e. The van der Waals surface area contributed by atoms with Crippen molar-refractivity contribution in [1.82, 2.24) is 0 Å². The highest BCUT2D eigenvalue weighted by molar-refractivity contribution is 5.67. The molecule has 4 aromatic rings. The molecule has 1 fully saturated rings. The van der Waals surface area contributed by atoms with Crippen molar-refractivity contribution in [2.75, 3.05) is 0 Å². The Morgan fingerprint density at radius 3 is 1.97 bits per heavy atom. The van der Waals surface area contributed by atoms with E-state index in [-0.39, 0.29) is 5.92 Å². The lowest BCUT2D eigenvalue weighted by molar-refractivity contribution is -0.0505. The molecule has 8 rings (SSSR count). The van der Waals surface area contributed by atoms with Crippen LogP contribution in [-0.4, -0.2) is 0 Å². The quantitative estimate of drug-likeness (QED) is 0.313. The SMILES string of the molecule is C1=C2C([C@@H]3C[C@H]1c1ccccc13)C1(c3ccccc3)OC2(c2ccccc2)c2ccccc21. The molecule has 2 heterocycles. The first kappa shape index (κ1) is 18.1. The average Bonchev–Trinajstić information content (AvgIpc) is 3.49. The summed E-state index contributed by atoms with van der Waals surface area (Å²) in [7, 11) is 0. The van der Waals surface area contributed by atoms with Crippen molar-refractivity contribution < 1.29 is 4.74 Å². The molecule has 0 spiro atoms. The third-order valence-electron chi connectivity index (χ3n) is 8.67. The van der Waals surface area contributed by atoms with Crippen LogP contribution in [0.5, 0.6) is 0 Å². The molecule has 1 nitrogen and oxygen atoms in total. The van der Waals surface area contributed by atoms with Crippen molar-refractivity contribution >= 4 is 0 Å². The van der Waals surface area contributed by atoms with Crippen molar-refractivity contribution in [3.8, 4) is 0 Å². The number of ether oxygens (including phenoxy) is 1. The lowest BCUT2D eigenvalue weighted by Gasteiger charge is -2.42. The largest absolute Gasteiger partial charge is 0.345 e. The third-order valence-corrected chi connectivity index (χ3v) is 8.67. The summed E-state index contributed by atoms with van der Waals surface area (Å²) in [6, 6.07) is 40.0.